The second kappa shape index (κ2) is 8.60. The molecule has 0 aliphatic carbocycles. The van der Waals surface area contributed by atoms with Gasteiger partial charge in [-0.1, -0.05) is 18.2 Å². The minimum absolute atomic E-state index is 0.0135. The van der Waals surface area contributed by atoms with Gasteiger partial charge in [0.2, 0.25) is 0 Å². The number of nitrogens with zero attached hydrogens (tertiary/aromatic N) is 2. The Labute approximate surface area is 177 Å². The minimum atomic E-state index is -3.59. The molecule has 0 saturated carbocycles. The number of hydrogen-bond acceptors (Lipinski definition) is 7. The molecule has 0 radical (unpaired) electrons. The Hall–Kier alpha value is -3.30. The number of aromatic nitrogens is 2. The average molecular weight is 440 g/mol. The van der Waals surface area contributed by atoms with Gasteiger partial charge >= 0.3 is 0 Å². The van der Waals surface area contributed by atoms with Crippen molar-refractivity contribution in [3.8, 4) is 11.3 Å². The smallest absolute Gasteiger partial charge is 0.287 e. The van der Waals surface area contributed by atoms with E-state index in [0.29, 0.717) is 5.56 Å². The molecule has 0 aliphatic rings. The van der Waals surface area contributed by atoms with Gasteiger partial charge in [0.05, 0.1) is 29.2 Å². The number of thiazole rings is 1. The molecule has 0 saturated heterocycles. The normalized spacial score (nSPS) is 11.3. The van der Waals surface area contributed by atoms with E-state index in [9.17, 15) is 13.2 Å². The molecule has 0 atom stereocenters. The third kappa shape index (κ3) is 4.47. The molecule has 1 N–H and O–H groups in total. The highest BCUT2D eigenvalue weighted by molar-refractivity contribution is 7.90. The Bertz CT molecular complexity index is 1250. The number of furan rings is 1. The lowest BCUT2D eigenvalue weighted by Gasteiger charge is -2.06. The van der Waals surface area contributed by atoms with Crippen molar-refractivity contribution < 1.29 is 17.6 Å². The molecule has 7 nitrogen and oxygen atoms in total. The SMILES string of the molecule is O=C(NCc1nc(-c2ccncc2)cs1)c1occc1CS(=O)(=O)c1ccccc1. The van der Waals surface area contributed by atoms with Crippen molar-refractivity contribution in [2.45, 2.75) is 17.2 Å². The van der Waals surface area contributed by atoms with Crippen molar-refractivity contribution in [2.24, 2.45) is 0 Å². The zero-order valence-corrected chi connectivity index (χ0v) is 17.3. The van der Waals surface area contributed by atoms with E-state index in [4.69, 9.17) is 4.42 Å². The van der Waals surface area contributed by atoms with Gasteiger partial charge in [0.15, 0.2) is 15.6 Å². The maximum atomic E-state index is 12.6. The topological polar surface area (TPSA) is 102 Å². The molecule has 3 heterocycles. The van der Waals surface area contributed by atoms with Crippen LogP contribution in [-0.4, -0.2) is 24.3 Å². The van der Waals surface area contributed by atoms with Gasteiger partial charge in [-0.15, -0.1) is 11.3 Å². The minimum Gasteiger partial charge on any atom is -0.459 e. The summed E-state index contributed by atoms with van der Waals surface area (Å²) >= 11 is 1.42. The van der Waals surface area contributed by atoms with Gasteiger partial charge in [-0.3, -0.25) is 9.78 Å². The predicted octanol–water partition coefficient (Wildman–Crippen LogP) is 3.70. The highest BCUT2D eigenvalue weighted by Crippen LogP contribution is 2.22. The summed E-state index contributed by atoms with van der Waals surface area (Å²) < 4.78 is 30.5. The van der Waals surface area contributed by atoms with E-state index in [1.165, 1.54) is 35.8 Å². The lowest BCUT2D eigenvalue weighted by Crippen LogP contribution is -2.23. The number of benzene rings is 1. The van der Waals surface area contributed by atoms with Crippen molar-refractivity contribution in [1.29, 1.82) is 0 Å². The summed E-state index contributed by atoms with van der Waals surface area (Å²) in [5.74, 6) is -0.820. The predicted molar refractivity (Wildman–Crippen MR) is 113 cm³/mol. The van der Waals surface area contributed by atoms with E-state index in [1.807, 2.05) is 17.5 Å². The van der Waals surface area contributed by atoms with Gasteiger partial charge in [0.25, 0.3) is 5.91 Å². The molecular weight excluding hydrogens is 422 g/mol. The first kappa shape index (κ1) is 20.0. The van der Waals surface area contributed by atoms with E-state index < -0.39 is 15.7 Å². The molecule has 9 heteroatoms. The molecule has 3 aromatic heterocycles. The van der Waals surface area contributed by atoms with Crippen molar-refractivity contribution in [1.82, 2.24) is 15.3 Å². The lowest BCUT2D eigenvalue weighted by atomic mass is 10.2. The van der Waals surface area contributed by atoms with Crippen LogP contribution in [0.2, 0.25) is 0 Å². The molecule has 0 bridgehead atoms. The van der Waals surface area contributed by atoms with Crippen LogP contribution in [0.15, 0.2) is 81.9 Å². The first-order valence-electron chi connectivity index (χ1n) is 9.00. The largest absolute Gasteiger partial charge is 0.459 e. The second-order valence-corrected chi connectivity index (χ2v) is 9.32. The monoisotopic (exact) mass is 439 g/mol. The fourth-order valence-corrected chi connectivity index (χ4v) is 4.97. The van der Waals surface area contributed by atoms with Crippen molar-refractivity contribution in [3.05, 3.63) is 88.9 Å². The van der Waals surface area contributed by atoms with E-state index in [1.54, 1.807) is 30.6 Å². The zero-order chi connectivity index (χ0) is 21.0. The molecule has 30 heavy (non-hydrogen) atoms. The van der Waals surface area contributed by atoms with Crippen LogP contribution in [0.5, 0.6) is 0 Å². The second-order valence-electron chi connectivity index (χ2n) is 6.39. The van der Waals surface area contributed by atoms with Crippen LogP contribution >= 0.6 is 11.3 Å². The number of hydrogen-bond donors (Lipinski definition) is 1. The highest BCUT2D eigenvalue weighted by Gasteiger charge is 2.22. The third-order valence-electron chi connectivity index (χ3n) is 4.33. The van der Waals surface area contributed by atoms with Crippen molar-refractivity contribution >= 4 is 27.1 Å². The summed E-state index contributed by atoms with van der Waals surface area (Å²) in [4.78, 5) is 21.3. The summed E-state index contributed by atoms with van der Waals surface area (Å²) in [6.07, 6.45) is 4.70. The maximum Gasteiger partial charge on any atom is 0.287 e. The summed E-state index contributed by atoms with van der Waals surface area (Å²) in [7, 11) is -3.59. The molecular formula is C21H17N3O4S2. The summed E-state index contributed by atoms with van der Waals surface area (Å²) in [5.41, 5.74) is 2.06. The van der Waals surface area contributed by atoms with Gasteiger partial charge in [0.1, 0.15) is 5.01 Å². The lowest BCUT2D eigenvalue weighted by molar-refractivity contribution is 0.0922. The number of sulfone groups is 1. The van der Waals surface area contributed by atoms with Gasteiger partial charge < -0.3 is 9.73 Å². The van der Waals surface area contributed by atoms with Gasteiger partial charge in [-0.05, 0) is 30.3 Å². The Morgan fingerprint density at radius 3 is 2.60 bits per heavy atom. The fourth-order valence-electron chi connectivity index (χ4n) is 2.85. The van der Waals surface area contributed by atoms with Gasteiger partial charge in [0, 0.05) is 28.9 Å². The number of carbonyl (C=O) groups is 1. The molecule has 0 aliphatic heterocycles. The van der Waals surface area contributed by atoms with E-state index in [-0.39, 0.29) is 23.0 Å². The van der Waals surface area contributed by atoms with Gasteiger partial charge in [-0.25, -0.2) is 13.4 Å². The summed E-state index contributed by atoms with van der Waals surface area (Å²) in [6.45, 7) is 0.208. The Morgan fingerprint density at radius 1 is 1.07 bits per heavy atom. The number of pyridine rings is 1. The number of rotatable bonds is 7. The van der Waals surface area contributed by atoms with E-state index in [2.05, 4.69) is 15.3 Å². The van der Waals surface area contributed by atoms with E-state index >= 15 is 0 Å². The molecule has 4 rings (SSSR count). The first-order valence-corrected chi connectivity index (χ1v) is 11.5. The standard InChI is InChI=1S/C21H17N3O4S2/c25-21(23-12-19-24-18(13-29-19)15-6-9-22-10-7-15)20-16(8-11-28-20)14-30(26,27)17-4-2-1-3-5-17/h1-11,13H,12,14H2,(H,23,25). The van der Waals surface area contributed by atoms with Gasteiger partial charge in [-0.2, -0.15) is 0 Å². The molecule has 0 fully saturated rings. The summed E-state index contributed by atoms with van der Waals surface area (Å²) in [6, 6.07) is 13.3. The summed E-state index contributed by atoms with van der Waals surface area (Å²) in [5, 5.41) is 5.37. The maximum absolute atomic E-state index is 12.6. The molecule has 152 valence electrons. The molecule has 1 amide bonds. The molecule has 0 spiro atoms. The van der Waals surface area contributed by atoms with Crippen LogP contribution in [0, 0.1) is 0 Å². The van der Waals surface area contributed by atoms with Crippen LogP contribution in [0.25, 0.3) is 11.3 Å². The zero-order valence-electron chi connectivity index (χ0n) is 15.7. The van der Waals surface area contributed by atoms with Crippen LogP contribution in [-0.2, 0) is 22.1 Å². The van der Waals surface area contributed by atoms with Crippen LogP contribution in [0.4, 0.5) is 0 Å². The highest BCUT2D eigenvalue weighted by atomic mass is 32.2. The van der Waals surface area contributed by atoms with E-state index in [0.717, 1.165) is 16.3 Å². The number of carbonyl (C=O) groups excluding carboxylic acids is 1. The Kier molecular flexibility index (Phi) is 5.73. The van der Waals surface area contributed by atoms with Crippen LogP contribution < -0.4 is 5.32 Å². The molecule has 0 unspecified atom stereocenters. The number of nitrogens with one attached hydrogen (secondary N) is 1. The first-order chi connectivity index (χ1) is 14.5. The quantitative estimate of drug-likeness (QED) is 0.471. The number of amides is 1. The van der Waals surface area contributed by atoms with Crippen LogP contribution in [0.3, 0.4) is 0 Å². The third-order valence-corrected chi connectivity index (χ3v) is 6.86. The fraction of sp³-hybridized carbons (Fsp3) is 0.0952. The van der Waals surface area contributed by atoms with Crippen molar-refractivity contribution in [3.63, 3.8) is 0 Å². The Morgan fingerprint density at radius 2 is 1.83 bits per heavy atom. The molecule has 1 aromatic carbocycles. The molecule has 4 aromatic rings. The Balaban J connectivity index is 1.43. The van der Waals surface area contributed by atoms with Crippen LogP contribution in [0.1, 0.15) is 21.1 Å². The average Bonchev–Trinajstić information content (AvgIpc) is 3.43. The van der Waals surface area contributed by atoms with Crippen molar-refractivity contribution in [2.75, 3.05) is 0 Å².